The molecule has 2 saturated heterocycles. The van der Waals surface area contributed by atoms with Crippen LogP contribution >= 0.6 is 0 Å². The SMILES string of the molecule is CC=C(C(C)C(C)C)N1CC(C)CC1c1ncc(-c2ccc(-c3ccc(-c4ccc5nc(C6CC(C)CN6C(=O)C(NC)C(C)C)[nH]c5c4)c4c3C3CCC3C4)cc2)[nH]1. The van der Waals surface area contributed by atoms with Crippen LogP contribution in [0.15, 0.2) is 72.6 Å². The molecule has 5 aromatic rings. The molecule has 2 aromatic heterocycles. The molecule has 9 rings (SSSR count). The highest BCUT2D eigenvalue weighted by Gasteiger charge is 2.43. The van der Waals surface area contributed by atoms with Crippen LogP contribution in [-0.2, 0) is 11.2 Å². The van der Waals surface area contributed by atoms with Crippen LogP contribution in [0.3, 0.4) is 0 Å². The number of nitrogens with one attached hydrogen (secondary N) is 3. The lowest BCUT2D eigenvalue weighted by molar-refractivity contribution is -0.135. The molecule has 0 spiro atoms. The molecule has 3 fully saturated rings. The summed E-state index contributed by atoms with van der Waals surface area (Å²) in [7, 11) is 1.89. The Balaban J connectivity index is 0.980. The van der Waals surface area contributed by atoms with E-state index in [4.69, 9.17) is 9.97 Å². The van der Waals surface area contributed by atoms with Gasteiger partial charge in [-0.3, -0.25) is 4.79 Å². The lowest BCUT2D eigenvalue weighted by Gasteiger charge is -2.33. The highest BCUT2D eigenvalue weighted by atomic mass is 16.2. The number of likely N-dealkylation sites (N-methyl/N-ethyl adjacent to an activating group) is 1. The Hall–Kier alpha value is -4.69. The number of aromatic nitrogens is 4. The molecule has 2 aliphatic carbocycles. The van der Waals surface area contributed by atoms with E-state index in [1.165, 1.54) is 51.9 Å². The van der Waals surface area contributed by atoms with Gasteiger partial charge in [-0.1, -0.05) is 97.0 Å². The number of imidazole rings is 2. The minimum Gasteiger partial charge on any atom is -0.364 e. The third-order valence-corrected chi connectivity index (χ3v) is 14.8. The van der Waals surface area contributed by atoms with Crippen molar-refractivity contribution in [1.29, 1.82) is 0 Å². The van der Waals surface area contributed by atoms with E-state index in [2.05, 4.69) is 141 Å². The summed E-state index contributed by atoms with van der Waals surface area (Å²) < 4.78 is 0. The first-order chi connectivity index (χ1) is 28.4. The second-order valence-electron chi connectivity index (χ2n) is 19.4. The molecule has 0 bridgehead atoms. The minimum absolute atomic E-state index is 0.0415. The lowest BCUT2D eigenvalue weighted by Crippen LogP contribution is -2.48. The number of nitrogens with zero attached hydrogens (tertiary/aromatic N) is 4. The van der Waals surface area contributed by atoms with Gasteiger partial charge < -0.3 is 25.1 Å². The van der Waals surface area contributed by atoms with Crippen LogP contribution in [0.4, 0.5) is 0 Å². The number of aromatic amines is 2. The average molecular weight is 792 g/mol. The van der Waals surface area contributed by atoms with Crippen LogP contribution < -0.4 is 5.32 Å². The zero-order valence-corrected chi connectivity index (χ0v) is 36.8. The predicted molar refractivity (Wildman–Crippen MR) is 241 cm³/mol. The molecule has 4 aliphatic rings. The maximum absolute atomic E-state index is 13.7. The van der Waals surface area contributed by atoms with E-state index in [1.54, 1.807) is 5.56 Å². The Morgan fingerprint density at radius 1 is 0.814 bits per heavy atom. The average Bonchev–Trinajstić information content (AvgIpc) is 4.05. The van der Waals surface area contributed by atoms with Gasteiger partial charge in [-0.25, -0.2) is 9.97 Å². The number of allylic oxidation sites excluding steroid dienone is 2. The Kier molecular flexibility index (Phi) is 10.6. The molecular formula is C51H65N7O. The number of hydrogen-bond acceptors (Lipinski definition) is 5. The molecule has 59 heavy (non-hydrogen) atoms. The van der Waals surface area contributed by atoms with Gasteiger partial charge >= 0.3 is 0 Å². The van der Waals surface area contributed by atoms with Gasteiger partial charge in [0, 0.05) is 18.8 Å². The van der Waals surface area contributed by atoms with Crippen LogP contribution in [0.1, 0.15) is 122 Å². The number of hydrogen-bond donors (Lipinski definition) is 3. The summed E-state index contributed by atoms with van der Waals surface area (Å²) in [4.78, 5) is 35.9. The first-order valence-electron chi connectivity index (χ1n) is 22.7. The van der Waals surface area contributed by atoms with E-state index in [0.717, 1.165) is 66.6 Å². The third kappa shape index (κ3) is 7.03. The van der Waals surface area contributed by atoms with Crippen molar-refractivity contribution in [2.24, 2.45) is 35.5 Å². The second-order valence-corrected chi connectivity index (χ2v) is 19.4. The zero-order valence-electron chi connectivity index (χ0n) is 36.8. The molecule has 310 valence electrons. The summed E-state index contributed by atoms with van der Waals surface area (Å²) in [6.07, 6.45) is 10.1. The van der Waals surface area contributed by atoms with E-state index in [9.17, 15) is 4.79 Å². The fraction of sp³-hybridized carbons (Fsp3) is 0.510. The van der Waals surface area contributed by atoms with Crippen LogP contribution in [-0.4, -0.2) is 61.8 Å². The highest BCUT2D eigenvalue weighted by Crippen LogP contribution is 2.56. The van der Waals surface area contributed by atoms with Crippen molar-refractivity contribution in [1.82, 2.24) is 35.1 Å². The monoisotopic (exact) mass is 792 g/mol. The van der Waals surface area contributed by atoms with Gasteiger partial charge in [0.25, 0.3) is 0 Å². The van der Waals surface area contributed by atoms with Crippen molar-refractivity contribution in [2.75, 3.05) is 20.1 Å². The van der Waals surface area contributed by atoms with Crippen LogP contribution in [0.2, 0.25) is 0 Å². The number of carbonyl (C=O) groups excluding carboxylic acids is 1. The van der Waals surface area contributed by atoms with Crippen molar-refractivity contribution in [3.8, 4) is 33.5 Å². The predicted octanol–water partition coefficient (Wildman–Crippen LogP) is 11.1. The summed E-state index contributed by atoms with van der Waals surface area (Å²) in [6, 6.07) is 20.7. The van der Waals surface area contributed by atoms with Crippen molar-refractivity contribution in [3.63, 3.8) is 0 Å². The van der Waals surface area contributed by atoms with E-state index in [-0.39, 0.29) is 30.0 Å². The van der Waals surface area contributed by atoms with Crippen molar-refractivity contribution in [2.45, 2.75) is 112 Å². The number of carbonyl (C=O) groups is 1. The number of H-pyrrole nitrogens is 2. The summed E-state index contributed by atoms with van der Waals surface area (Å²) >= 11 is 0. The molecule has 3 N–H and O–H groups in total. The van der Waals surface area contributed by atoms with Crippen molar-refractivity contribution in [3.05, 3.63) is 95.3 Å². The molecule has 8 nitrogen and oxygen atoms in total. The van der Waals surface area contributed by atoms with Gasteiger partial charge in [0.1, 0.15) is 11.6 Å². The molecule has 2 aliphatic heterocycles. The first kappa shape index (κ1) is 39.8. The summed E-state index contributed by atoms with van der Waals surface area (Å²) in [5, 5.41) is 3.26. The van der Waals surface area contributed by atoms with Gasteiger partial charge in [0.2, 0.25) is 5.91 Å². The number of fused-ring (bicyclic) bond motifs is 4. The maximum Gasteiger partial charge on any atom is 0.240 e. The van der Waals surface area contributed by atoms with E-state index >= 15 is 0 Å². The maximum atomic E-state index is 13.7. The van der Waals surface area contributed by atoms with Crippen LogP contribution in [0, 0.1) is 35.5 Å². The fourth-order valence-electron chi connectivity index (χ4n) is 11.2. The van der Waals surface area contributed by atoms with Crippen molar-refractivity contribution >= 4 is 16.9 Å². The molecule has 4 heterocycles. The summed E-state index contributed by atoms with van der Waals surface area (Å²) in [5.74, 6) is 5.89. The largest absolute Gasteiger partial charge is 0.364 e. The molecule has 1 amide bonds. The topological polar surface area (TPSA) is 92.9 Å². The Labute approximate surface area is 351 Å². The Morgan fingerprint density at radius 3 is 2.15 bits per heavy atom. The molecule has 8 unspecified atom stereocenters. The number of benzene rings is 3. The molecular weight excluding hydrogens is 727 g/mol. The number of rotatable bonds is 11. The third-order valence-electron chi connectivity index (χ3n) is 14.8. The quantitative estimate of drug-likeness (QED) is 0.124. The van der Waals surface area contributed by atoms with Gasteiger partial charge in [-0.2, -0.15) is 0 Å². The van der Waals surface area contributed by atoms with Gasteiger partial charge in [-0.15, -0.1) is 0 Å². The second kappa shape index (κ2) is 15.7. The van der Waals surface area contributed by atoms with Gasteiger partial charge in [0.15, 0.2) is 0 Å². The Bertz CT molecular complexity index is 2370. The molecule has 8 atom stereocenters. The molecule has 0 radical (unpaired) electrons. The number of amides is 1. The lowest BCUT2D eigenvalue weighted by atomic mass is 9.73. The van der Waals surface area contributed by atoms with E-state index in [1.807, 2.05) is 13.2 Å². The van der Waals surface area contributed by atoms with E-state index < -0.39 is 0 Å². The summed E-state index contributed by atoms with van der Waals surface area (Å²) in [5.41, 5.74) is 14.0. The molecule has 3 aromatic carbocycles. The van der Waals surface area contributed by atoms with Crippen LogP contribution in [0.25, 0.3) is 44.5 Å². The van der Waals surface area contributed by atoms with Gasteiger partial charge in [0.05, 0.1) is 41.0 Å². The van der Waals surface area contributed by atoms with Gasteiger partial charge in [-0.05, 0) is 139 Å². The normalized spacial score (nSPS) is 25.2. The van der Waals surface area contributed by atoms with Crippen LogP contribution in [0.5, 0.6) is 0 Å². The zero-order chi connectivity index (χ0) is 41.3. The van der Waals surface area contributed by atoms with Crippen molar-refractivity contribution < 1.29 is 4.79 Å². The first-order valence-corrected chi connectivity index (χ1v) is 22.7. The molecule has 1 saturated carbocycles. The minimum atomic E-state index is -0.200. The molecule has 8 heteroatoms. The highest BCUT2D eigenvalue weighted by molar-refractivity contribution is 5.87. The standard InChI is InChI=1S/C51H65N7O/c1-10-44(32(8)28(2)3)57-26-30(6)21-45(57)49-53-25-43(56-49)34-13-11-33(12-14-34)38-19-18-37(40-23-35-15-17-39(35)47(38)40)36-16-20-41-42(24-36)55-50(54-41)46-22-31(7)27-58(46)51(59)48(52-9)29(4)5/h10-14,16,18-20,24-25,28-32,35,39,45-46,48,52H,15,17,21-23,26-27H2,1-9H3,(H,53,56)(H,54,55). The number of likely N-dealkylation sites (tertiary alicyclic amines) is 2. The fourth-order valence-corrected chi connectivity index (χ4v) is 11.2. The summed E-state index contributed by atoms with van der Waals surface area (Å²) in [6.45, 7) is 19.9. The smallest absolute Gasteiger partial charge is 0.240 e. The Morgan fingerprint density at radius 2 is 1.49 bits per heavy atom. The van der Waals surface area contributed by atoms with E-state index in [0.29, 0.717) is 29.6 Å².